The van der Waals surface area contributed by atoms with Crippen molar-refractivity contribution < 1.29 is 9.47 Å². The van der Waals surface area contributed by atoms with Gasteiger partial charge in [0.05, 0.1) is 11.7 Å². The Balaban J connectivity index is 2.60. The standard InChI is InChI=1S/C17H35NO2/c1-6-18-15(12-13-17(2,3)20-5)16(19-4)14-10-8-7-9-11-14/h14-16,18H,6-13H2,1-5H3. The van der Waals surface area contributed by atoms with Crippen LogP contribution in [0.5, 0.6) is 0 Å². The van der Waals surface area contributed by atoms with Crippen molar-refractivity contribution in [2.24, 2.45) is 5.92 Å². The van der Waals surface area contributed by atoms with Crippen LogP contribution in [0.2, 0.25) is 0 Å². The highest BCUT2D eigenvalue weighted by Crippen LogP contribution is 2.31. The van der Waals surface area contributed by atoms with Crippen LogP contribution in [-0.2, 0) is 9.47 Å². The predicted octanol–water partition coefficient (Wildman–Crippen LogP) is 3.77. The van der Waals surface area contributed by atoms with E-state index in [-0.39, 0.29) is 5.60 Å². The van der Waals surface area contributed by atoms with Gasteiger partial charge in [0.1, 0.15) is 0 Å². The summed E-state index contributed by atoms with van der Waals surface area (Å²) in [4.78, 5) is 0. The fraction of sp³-hybridized carbons (Fsp3) is 1.00. The molecule has 0 amide bonds. The second-order valence-corrected chi connectivity index (χ2v) is 6.77. The van der Waals surface area contributed by atoms with E-state index in [1.807, 2.05) is 7.11 Å². The second-order valence-electron chi connectivity index (χ2n) is 6.77. The SMILES string of the molecule is CCNC(CCC(C)(C)OC)C(OC)C1CCCCC1. The van der Waals surface area contributed by atoms with Gasteiger partial charge in [-0.25, -0.2) is 0 Å². The Labute approximate surface area is 125 Å². The van der Waals surface area contributed by atoms with Gasteiger partial charge in [-0.3, -0.25) is 0 Å². The molecule has 1 aliphatic carbocycles. The van der Waals surface area contributed by atoms with Crippen LogP contribution in [0.3, 0.4) is 0 Å². The normalized spacial score (nSPS) is 20.9. The van der Waals surface area contributed by atoms with Crippen LogP contribution in [-0.4, -0.2) is 38.5 Å². The summed E-state index contributed by atoms with van der Waals surface area (Å²) in [6, 6.07) is 0.447. The molecule has 1 aliphatic rings. The van der Waals surface area contributed by atoms with Crippen LogP contribution in [0.25, 0.3) is 0 Å². The minimum atomic E-state index is -0.0431. The minimum Gasteiger partial charge on any atom is -0.380 e. The molecule has 0 radical (unpaired) electrons. The lowest BCUT2D eigenvalue weighted by atomic mass is 9.81. The lowest BCUT2D eigenvalue weighted by Crippen LogP contribution is -2.46. The van der Waals surface area contributed by atoms with Gasteiger partial charge in [-0.2, -0.15) is 0 Å². The molecule has 0 aromatic rings. The van der Waals surface area contributed by atoms with E-state index in [1.54, 1.807) is 7.11 Å². The zero-order chi connectivity index (χ0) is 15.0. The molecular formula is C17H35NO2. The largest absolute Gasteiger partial charge is 0.380 e. The van der Waals surface area contributed by atoms with Crippen LogP contribution in [0, 0.1) is 5.92 Å². The van der Waals surface area contributed by atoms with Crippen LogP contribution in [0.1, 0.15) is 65.7 Å². The molecule has 120 valence electrons. The van der Waals surface area contributed by atoms with Gasteiger partial charge in [0.2, 0.25) is 0 Å². The number of ether oxygens (including phenoxy) is 2. The van der Waals surface area contributed by atoms with Gasteiger partial charge in [0, 0.05) is 20.3 Å². The Morgan fingerprint density at radius 1 is 1.15 bits per heavy atom. The van der Waals surface area contributed by atoms with E-state index in [1.165, 1.54) is 32.1 Å². The van der Waals surface area contributed by atoms with Crippen LogP contribution < -0.4 is 5.32 Å². The third-order valence-corrected chi connectivity index (χ3v) is 4.86. The molecule has 0 aliphatic heterocycles. The van der Waals surface area contributed by atoms with Crippen LogP contribution >= 0.6 is 0 Å². The smallest absolute Gasteiger partial charge is 0.0752 e. The summed E-state index contributed by atoms with van der Waals surface area (Å²) in [5.41, 5.74) is -0.0431. The molecule has 0 bridgehead atoms. The van der Waals surface area contributed by atoms with Crippen molar-refractivity contribution in [1.29, 1.82) is 0 Å². The molecule has 1 saturated carbocycles. The highest BCUT2D eigenvalue weighted by atomic mass is 16.5. The van der Waals surface area contributed by atoms with Crippen molar-refractivity contribution in [1.82, 2.24) is 5.32 Å². The topological polar surface area (TPSA) is 30.5 Å². The Kier molecular flexibility index (Phi) is 8.08. The first-order valence-corrected chi connectivity index (χ1v) is 8.35. The summed E-state index contributed by atoms with van der Waals surface area (Å²) in [6.45, 7) is 7.52. The highest BCUT2D eigenvalue weighted by molar-refractivity contribution is 4.86. The van der Waals surface area contributed by atoms with E-state index < -0.39 is 0 Å². The van der Waals surface area contributed by atoms with Gasteiger partial charge in [-0.05, 0) is 52.0 Å². The molecule has 0 aromatic carbocycles. The maximum Gasteiger partial charge on any atom is 0.0752 e. The number of hydrogen-bond acceptors (Lipinski definition) is 3. The summed E-state index contributed by atoms with van der Waals surface area (Å²) < 4.78 is 11.5. The van der Waals surface area contributed by atoms with Crippen molar-refractivity contribution in [3.63, 3.8) is 0 Å². The minimum absolute atomic E-state index is 0.0431. The Bertz CT molecular complexity index is 249. The van der Waals surface area contributed by atoms with Crippen LogP contribution in [0.4, 0.5) is 0 Å². The van der Waals surface area contributed by atoms with Gasteiger partial charge < -0.3 is 14.8 Å². The number of rotatable bonds is 9. The van der Waals surface area contributed by atoms with E-state index in [4.69, 9.17) is 9.47 Å². The lowest BCUT2D eigenvalue weighted by Gasteiger charge is -2.36. The number of methoxy groups -OCH3 is 2. The average molecular weight is 285 g/mol. The summed E-state index contributed by atoms with van der Waals surface area (Å²) in [5, 5.41) is 3.65. The van der Waals surface area contributed by atoms with E-state index in [0.717, 1.165) is 25.3 Å². The molecule has 0 spiro atoms. The molecule has 3 nitrogen and oxygen atoms in total. The lowest BCUT2D eigenvalue weighted by molar-refractivity contribution is -0.0153. The molecule has 1 rings (SSSR count). The van der Waals surface area contributed by atoms with Crippen molar-refractivity contribution in [2.45, 2.75) is 83.5 Å². The van der Waals surface area contributed by atoms with Gasteiger partial charge in [0.25, 0.3) is 0 Å². The molecule has 20 heavy (non-hydrogen) atoms. The van der Waals surface area contributed by atoms with Crippen LogP contribution in [0.15, 0.2) is 0 Å². The Morgan fingerprint density at radius 3 is 2.30 bits per heavy atom. The fourth-order valence-corrected chi connectivity index (χ4v) is 3.40. The van der Waals surface area contributed by atoms with E-state index in [0.29, 0.717) is 12.1 Å². The molecule has 3 heteroatoms. The Hall–Kier alpha value is -0.120. The van der Waals surface area contributed by atoms with E-state index >= 15 is 0 Å². The summed E-state index contributed by atoms with van der Waals surface area (Å²) in [6.07, 6.45) is 9.32. The van der Waals surface area contributed by atoms with Crippen molar-refractivity contribution >= 4 is 0 Å². The Morgan fingerprint density at radius 2 is 1.80 bits per heavy atom. The summed E-state index contributed by atoms with van der Waals surface area (Å²) in [7, 11) is 3.68. The number of nitrogens with one attached hydrogen (secondary N) is 1. The van der Waals surface area contributed by atoms with E-state index in [2.05, 4.69) is 26.1 Å². The number of hydrogen-bond donors (Lipinski definition) is 1. The average Bonchev–Trinajstić information content (AvgIpc) is 2.47. The third kappa shape index (κ3) is 5.71. The zero-order valence-electron chi connectivity index (χ0n) is 14.2. The van der Waals surface area contributed by atoms with Crippen molar-refractivity contribution in [2.75, 3.05) is 20.8 Å². The molecule has 1 fully saturated rings. The second kappa shape index (κ2) is 9.01. The first-order valence-electron chi connectivity index (χ1n) is 8.35. The van der Waals surface area contributed by atoms with Gasteiger partial charge in [0.15, 0.2) is 0 Å². The zero-order valence-corrected chi connectivity index (χ0v) is 14.2. The first-order chi connectivity index (χ1) is 9.54. The quantitative estimate of drug-likeness (QED) is 0.699. The molecule has 0 saturated heterocycles. The molecule has 2 unspecified atom stereocenters. The van der Waals surface area contributed by atoms with Crippen molar-refractivity contribution in [3.05, 3.63) is 0 Å². The first kappa shape index (κ1) is 17.9. The maximum atomic E-state index is 5.90. The summed E-state index contributed by atoms with van der Waals surface area (Å²) >= 11 is 0. The van der Waals surface area contributed by atoms with Crippen molar-refractivity contribution in [3.8, 4) is 0 Å². The van der Waals surface area contributed by atoms with Gasteiger partial charge >= 0.3 is 0 Å². The van der Waals surface area contributed by atoms with Gasteiger partial charge in [-0.1, -0.05) is 26.2 Å². The summed E-state index contributed by atoms with van der Waals surface area (Å²) in [5.74, 6) is 0.725. The van der Waals surface area contributed by atoms with Gasteiger partial charge in [-0.15, -0.1) is 0 Å². The molecule has 2 atom stereocenters. The fourth-order valence-electron chi connectivity index (χ4n) is 3.40. The van der Waals surface area contributed by atoms with E-state index in [9.17, 15) is 0 Å². The maximum absolute atomic E-state index is 5.90. The molecular weight excluding hydrogens is 250 g/mol. The molecule has 0 aromatic heterocycles. The predicted molar refractivity (Wildman–Crippen MR) is 85.2 cm³/mol. The molecule has 0 heterocycles. The molecule has 1 N–H and O–H groups in total. The third-order valence-electron chi connectivity index (χ3n) is 4.86. The monoisotopic (exact) mass is 285 g/mol. The highest BCUT2D eigenvalue weighted by Gasteiger charge is 2.31. The number of likely N-dealkylation sites (N-methyl/N-ethyl adjacent to an activating group) is 1.